The molecule has 110 valence electrons. The average Bonchev–Trinajstić information content (AvgIpc) is 2.63. The van der Waals surface area contributed by atoms with Crippen LogP contribution in [0.5, 0.6) is 0 Å². The van der Waals surface area contributed by atoms with E-state index in [2.05, 4.69) is 4.90 Å². The molecule has 0 amide bonds. The molecule has 0 spiro atoms. The number of nitro benzene ring substituents is 1. The van der Waals surface area contributed by atoms with Crippen LogP contribution in [-0.4, -0.2) is 34.1 Å². The second-order valence-electron chi connectivity index (χ2n) is 5.20. The number of hydrogen-bond acceptors (Lipinski definition) is 4. The third kappa shape index (κ3) is 3.52. The van der Waals surface area contributed by atoms with Crippen molar-refractivity contribution in [2.24, 2.45) is 0 Å². The van der Waals surface area contributed by atoms with E-state index in [0.29, 0.717) is 12.1 Å². The predicted octanol–water partition coefficient (Wildman–Crippen LogP) is 2.47. The van der Waals surface area contributed by atoms with Crippen LogP contribution in [0.4, 0.5) is 10.1 Å². The van der Waals surface area contributed by atoms with E-state index in [1.165, 1.54) is 12.1 Å². The van der Waals surface area contributed by atoms with Gasteiger partial charge in [0.2, 0.25) is 5.82 Å². The van der Waals surface area contributed by atoms with Crippen molar-refractivity contribution >= 4 is 5.69 Å². The maximum absolute atomic E-state index is 13.6. The van der Waals surface area contributed by atoms with Crippen LogP contribution in [0.15, 0.2) is 18.2 Å². The van der Waals surface area contributed by atoms with Crippen molar-refractivity contribution in [1.29, 1.82) is 0 Å². The number of halogens is 1. The van der Waals surface area contributed by atoms with Crippen LogP contribution >= 0.6 is 0 Å². The molecule has 0 aromatic heterocycles. The van der Waals surface area contributed by atoms with Crippen molar-refractivity contribution in [2.75, 3.05) is 13.2 Å². The molecular weight excluding hydrogens is 263 g/mol. The molecule has 1 aromatic carbocycles. The number of hydrogen-bond donors (Lipinski definition) is 1. The molecule has 5 nitrogen and oxygen atoms in total. The molecule has 6 heteroatoms. The third-order valence-corrected chi connectivity index (χ3v) is 3.80. The Morgan fingerprint density at radius 3 is 2.85 bits per heavy atom. The molecule has 0 saturated carbocycles. The largest absolute Gasteiger partial charge is 0.395 e. The smallest absolute Gasteiger partial charge is 0.304 e. The van der Waals surface area contributed by atoms with Gasteiger partial charge in [-0.3, -0.25) is 15.0 Å². The van der Waals surface area contributed by atoms with E-state index in [1.807, 2.05) is 0 Å². The van der Waals surface area contributed by atoms with Gasteiger partial charge in [0.1, 0.15) is 0 Å². The summed E-state index contributed by atoms with van der Waals surface area (Å²) in [5.41, 5.74) is 0.205. The Balaban J connectivity index is 2.11. The van der Waals surface area contributed by atoms with E-state index in [1.54, 1.807) is 6.07 Å². The standard InChI is InChI=1S/C14H19FN2O3/c15-13-8-11(5-6-14(13)17(19)20)9-16-7-3-1-2-4-12(16)10-18/h5-6,8,12,18H,1-4,7,9-10H2. The van der Waals surface area contributed by atoms with Crippen LogP contribution < -0.4 is 0 Å². The zero-order valence-corrected chi connectivity index (χ0v) is 11.3. The highest BCUT2D eigenvalue weighted by Gasteiger charge is 2.21. The van der Waals surface area contributed by atoms with Gasteiger partial charge in [-0.15, -0.1) is 0 Å². The summed E-state index contributed by atoms with van der Waals surface area (Å²) in [5, 5.41) is 20.0. The molecule has 1 aromatic rings. The third-order valence-electron chi connectivity index (χ3n) is 3.80. The molecule has 20 heavy (non-hydrogen) atoms. The normalized spacial score (nSPS) is 20.6. The van der Waals surface area contributed by atoms with Gasteiger partial charge >= 0.3 is 5.69 Å². The van der Waals surface area contributed by atoms with Crippen molar-refractivity contribution in [3.63, 3.8) is 0 Å². The number of aliphatic hydroxyl groups is 1. The Morgan fingerprint density at radius 2 is 2.20 bits per heavy atom. The molecule has 1 aliphatic heterocycles. The Morgan fingerprint density at radius 1 is 1.40 bits per heavy atom. The van der Waals surface area contributed by atoms with Crippen molar-refractivity contribution < 1.29 is 14.4 Å². The highest BCUT2D eigenvalue weighted by atomic mass is 19.1. The molecule has 1 atom stereocenters. The van der Waals surface area contributed by atoms with Crippen LogP contribution in [0.1, 0.15) is 31.2 Å². The lowest BCUT2D eigenvalue weighted by Crippen LogP contribution is -2.36. The first-order chi connectivity index (χ1) is 9.61. The van der Waals surface area contributed by atoms with Crippen molar-refractivity contribution in [1.82, 2.24) is 4.90 Å². The molecule has 1 aliphatic rings. The van der Waals surface area contributed by atoms with Crippen molar-refractivity contribution in [3.8, 4) is 0 Å². The summed E-state index contributed by atoms with van der Waals surface area (Å²) in [7, 11) is 0. The second kappa shape index (κ2) is 6.76. The summed E-state index contributed by atoms with van der Waals surface area (Å²) in [6.45, 7) is 1.47. The number of nitro groups is 1. The predicted molar refractivity (Wildman–Crippen MR) is 72.8 cm³/mol. The fraction of sp³-hybridized carbons (Fsp3) is 0.571. The molecular formula is C14H19FN2O3. The number of rotatable bonds is 4. The molecule has 1 heterocycles. The SMILES string of the molecule is O=[N+]([O-])c1ccc(CN2CCCCCC2CO)cc1F. The van der Waals surface area contributed by atoms with Gasteiger partial charge in [-0.1, -0.05) is 18.9 Å². The lowest BCUT2D eigenvalue weighted by Gasteiger charge is -2.28. The van der Waals surface area contributed by atoms with E-state index >= 15 is 0 Å². The van der Waals surface area contributed by atoms with Crippen LogP contribution in [-0.2, 0) is 6.54 Å². The fourth-order valence-corrected chi connectivity index (χ4v) is 2.68. The van der Waals surface area contributed by atoms with Crippen molar-refractivity contribution in [2.45, 2.75) is 38.3 Å². The Hall–Kier alpha value is -1.53. The molecule has 1 fully saturated rings. The first-order valence-electron chi connectivity index (χ1n) is 6.89. The minimum Gasteiger partial charge on any atom is -0.395 e. The lowest BCUT2D eigenvalue weighted by atomic mass is 10.1. The quantitative estimate of drug-likeness (QED) is 0.680. The monoisotopic (exact) mass is 282 g/mol. The molecule has 0 aliphatic carbocycles. The molecule has 1 saturated heterocycles. The minimum atomic E-state index is -0.803. The van der Waals surface area contributed by atoms with E-state index in [0.717, 1.165) is 32.2 Å². The Kier molecular flexibility index (Phi) is 5.03. The first-order valence-corrected chi connectivity index (χ1v) is 6.89. The molecule has 0 radical (unpaired) electrons. The van der Waals surface area contributed by atoms with Gasteiger partial charge in [0.25, 0.3) is 0 Å². The summed E-state index contributed by atoms with van der Waals surface area (Å²) in [6.07, 6.45) is 4.23. The zero-order valence-electron chi connectivity index (χ0n) is 11.3. The number of aliphatic hydroxyl groups excluding tert-OH is 1. The summed E-state index contributed by atoms with van der Waals surface area (Å²) < 4.78 is 13.6. The number of likely N-dealkylation sites (tertiary alicyclic amines) is 1. The van der Waals surface area contributed by atoms with E-state index in [4.69, 9.17) is 0 Å². The highest BCUT2D eigenvalue weighted by molar-refractivity contribution is 5.35. The van der Waals surface area contributed by atoms with Gasteiger partial charge in [-0.2, -0.15) is 4.39 Å². The minimum absolute atomic E-state index is 0.0927. The number of nitrogens with zero attached hydrogens (tertiary/aromatic N) is 2. The summed E-state index contributed by atoms with van der Waals surface area (Å²) >= 11 is 0. The van der Waals surface area contributed by atoms with E-state index < -0.39 is 16.4 Å². The van der Waals surface area contributed by atoms with E-state index in [9.17, 15) is 19.6 Å². The van der Waals surface area contributed by atoms with Gasteiger partial charge in [0.05, 0.1) is 11.5 Å². The lowest BCUT2D eigenvalue weighted by molar-refractivity contribution is -0.387. The van der Waals surface area contributed by atoms with Crippen LogP contribution in [0.25, 0.3) is 0 Å². The van der Waals surface area contributed by atoms with Crippen LogP contribution in [0.3, 0.4) is 0 Å². The Bertz CT molecular complexity index is 481. The van der Waals surface area contributed by atoms with Crippen LogP contribution in [0, 0.1) is 15.9 Å². The highest BCUT2D eigenvalue weighted by Crippen LogP contribution is 2.22. The Labute approximate surface area is 117 Å². The molecule has 1 N–H and O–H groups in total. The second-order valence-corrected chi connectivity index (χ2v) is 5.20. The fourth-order valence-electron chi connectivity index (χ4n) is 2.68. The molecule has 1 unspecified atom stereocenters. The topological polar surface area (TPSA) is 66.6 Å². The van der Waals surface area contributed by atoms with Gasteiger partial charge in [-0.25, -0.2) is 0 Å². The maximum atomic E-state index is 13.6. The van der Waals surface area contributed by atoms with Gasteiger partial charge in [-0.05, 0) is 31.0 Å². The molecule has 0 bridgehead atoms. The van der Waals surface area contributed by atoms with Crippen molar-refractivity contribution in [3.05, 3.63) is 39.7 Å². The van der Waals surface area contributed by atoms with Gasteiger partial charge in [0, 0.05) is 18.7 Å². The summed E-state index contributed by atoms with van der Waals surface area (Å²) in [6, 6.07) is 4.10. The van der Waals surface area contributed by atoms with E-state index in [-0.39, 0.29) is 12.6 Å². The van der Waals surface area contributed by atoms with Gasteiger partial charge in [0.15, 0.2) is 0 Å². The molecule has 2 rings (SSSR count). The summed E-state index contributed by atoms with van der Waals surface area (Å²) in [5.74, 6) is -0.803. The zero-order chi connectivity index (χ0) is 14.5. The maximum Gasteiger partial charge on any atom is 0.304 e. The summed E-state index contributed by atoms with van der Waals surface area (Å²) in [4.78, 5) is 12.0. The number of benzene rings is 1. The van der Waals surface area contributed by atoms with Crippen LogP contribution in [0.2, 0.25) is 0 Å². The first kappa shape index (κ1) is 14.9. The van der Waals surface area contributed by atoms with Gasteiger partial charge < -0.3 is 5.11 Å². The average molecular weight is 282 g/mol.